The number of likely N-dealkylation sites (N-methyl/N-ethyl adjacent to an activating group) is 1. The highest BCUT2D eigenvalue weighted by atomic mass is 16.5. The highest BCUT2D eigenvalue weighted by molar-refractivity contribution is 6.05. The van der Waals surface area contributed by atoms with Gasteiger partial charge in [-0.15, -0.1) is 0 Å². The van der Waals surface area contributed by atoms with Crippen molar-refractivity contribution < 1.29 is 28.2 Å². The van der Waals surface area contributed by atoms with Crippen molar-refractivity contribution in [3.8, 4) is 17.2 Å². The molecule has 0 spiro atoms. The molecular formula is C22H25NO6. The summed E-state index contributed by atoms with van der Waals surface area (Å²) in [6.07, 6.45) is 0. The molecule has 0 N–H and O–H groups in total. The highest BCUT2D eigenvalue weighted by Gasteiger charge is 2.23. The Bertz CT molecular complexity index is 961. The van der Waals surface area contributed by atoms with Crippen LogP contribution < -0.4 is 14.2 Å². The molecule has 0 fully saturated rings. The molecule has 3 aromatic rings. The Morgan fingerprint density at radius 2 is 1.62 bits per heavy atom. The van der Waals surface area contributed by atoms with Crippen molar-refractivity contribution in [2.45, 2.75) is 6.61 Å². The molecule has 3 rings (SSSR count). The maximum absolute atomic E-state index is 12.8. The van der Waals surface area contributed by atoms with Crippen LogP contribution in [0.3, 0.4) is 0 Å². The van der Waals surface area contributed by atoms with Crippen molar-refractivity contribution in [1.82, 2.24) is 4.90 Å². The summed E-state index contributed by atoms with van der Waals surface area (Å²) >= 11 is 0. The van der Waals surface area contributed by atoms with Gasteiger partial charge in [-0.3, -0.25) is 0 Å². The quantitative estimate of drug-likeness (QED) is 0.508. The maximum atomic E-state index is 12.8. The fourth-order valence-electron chi connectivity index (χ4n) is 2.79. The third-order valence-electron chi connectivity index (χ3n) is 4.37. The molecule has 7 heteroatoms. The Hall–Kier alpha value is -3.19. The smallest absolute Gasteiger partial charge is 0.342 e. The van der Waals surface area contributed by atoms with Gasteiger partial charge in [-0.2, -0.15) is 0 Å². The standard InChI is InChI=1S/C22H25NO6/c1-23(2)11-12-27-22(24)21-18-13-17(26-4)9-10-19(18)29-20(21)14-28-16-7-5-15(25-3)6-8-16/h5-10,13H,11-12,14H2,1-4H3. The number of carbonyl (C=O) groups excluding carboxylic acids is 1. The molecule has 0 aliphatic heterocycles. The first-order chi connectivity index (χ1) is 14.0. The fourth-order valence-corrected chi connectivity index (χ4v) is 2.79. The van der Waals surface area contributed by atoms with Crippen LogP contribution in [0.5, 0.6) is 17.2 Å². The van der Waals surface area contributed by atoms with Gasteiger partial charge in [0.15, 0.2) is 5.76 Å². The second-order valence-corrected chi connectivity index (χ2v) is 6.67. The third kappa shape index (κ3) is 5.00. The summed E-state index contributed by atoms with van der Waals surface area (Å²) in [5.41, 5.74) is 0.921. The first-order valence-electron chi connectivity index (χ1n) is 9.20. The van der Waals surface area contributed by atoms with Crippen LogP contribution in [-0.4, -0.2) is 52.3 Å². The fraction of sp³-hybridized carbons (Fsp3) is 0.318. The molecule has 0 amide bonds. The Balaban J connectivity index is 1.86. The first-order valence-corrected chi connectivity index (χ1v) is 9.20. The van der Waals surface area contributed by atoms with E-state index in [0.29, 0.717) is 40.3 Å². The van der Waals surface area contributed by atoms with Crippen LogP contribution in [0.25, 0.3) is 11.0 Å². The molecule has 7 nitrogen and oxygen atoms in total. The number of hydrogen-bond acceptors (Lipinski definition) is 7. The largest absolute Gasteiger partial charge is 0.497 e. The van der Waals surface area contributed by atoms with Crippen LogP contribution in [0.4, 0.5) is 0 Å². The van der Waals surface area contributed by atoms with E-state index in [9.17, 15) is 4.79 Å². The third-order valence-corrected chi connectivity index (χ3v) is 4.37. The summed E-state index contributed by atoms with van der Waals surface area (Å²) in [7, 11) is 7.01. The molecule has 0 bridgehead atoms. The predicted octanol–water partition coefficient (Wildman–Crippen LogP) is 3.75. The average Bonchev–Trinajstić information content (AvgIpc) is 3.09. The molecule has 1 heterocycles. The van der Waals surface area contributed by atoms with Crippen molar-refractivity contribution >= 4 is 16.9 Å². The minimum Gasteiger partial charge on any atom is -0.497 e. The van der Waals surface area contributed by atoms with Gasteiger partial charge in [0, 0.05) is 11.9 Å². The summed E-state index contributed by atoms with van der Waals surface area (Å²) in [5, 5.41) is 0.632. The first kappa shape index (κ1) is 20.5. The van der Waals surface area contributed by atoms with Crippen LogP contribution in [0.1, 0.15) is 16.1 Å². The van der Waals surface area contributed by atoms with E-state index < -0.39 is 5.97 Å². The minimum absolute atomic E-state index is 0.0848. The number of methoxy groups -OCH3 is 2. The van der Waals surface area contributed by atoms with Crippen molar-refractivity contribution in [2.24, 2.45) is 0 Å². The summed E-state index contributed by atoms with van der Waals surface area (Å²) in [6, 6.07) is 12.5. The van der Waals surface area contributed by atoms with Crippen LogP contribution in [0, 0.1) is 0 Å². The summed E-state index contributed by atoms with van der Waals surface area (Å²) in [5.74, 6) is 1.95. The molecule has 0 saturated heterocycles. The molecule has 1 aromatic heterocycles. The van der Waals surface area contributed by atoms with Gasteiger partial charge in [-0.1, -0.05) is 0 Å². The number of benzene rings is 2. The van der Waals surface area contributed by atoms with Crippen molar-refractivity contribution in [2.75, 3.05) is 41.5 Å². The molecule has 0 saturated carbocycles. The van der Waals surface area contributed by atoms with Crippen molar-refractivity contribution in [3.05, 3.63) is 53.8 Å². The number of carbonyl (C=O) groups is 1. The highest BCUT2D eigenvalue weighted by Crippen LogP contribution is 2.31. The number of esters is 1. The predicted molar refractivity (Wildman–Crippen MR) is 109 cm³/mol. The zero-order valence-corrected chi connectivity index (χ0v) is 17.1. The average molecular weight is 399 g/mol. The van der Waals surface area contributed by atoms with Gasteiger partial charge in [0.25, 0.3) is 0 Å². The van der Waals surface area contributed by atoms with Gasteiger partial charge in [0.05, 0.1) is 14.2 Å². The summed E-state index contributed by atoms with van der Waals surface area (Å²) in [4.78, 5) is 14.7. The van der Waals surface area contributed by atoms with E-state index >= 15 is 0 Å². The Labute approximate surface area is 169 Å². The van der Waals surface area contributed by atoms with Crippen LogP contribution >= 0.6 is 0 Å². The zero-order chi connectivity index (χ0) is 20.8. The van der Waals surface area contributed by atoms with E-state index in [2.05, 4.69) is 0 Å². The van der Waals surface area contributed by atoms with Gasteiger partial charge in [-0.25, -0.2) is 4.79 Å². The molecule has 2 aromatic carbocycles. The van der Waals surface area contributed by atoms with Crippen LogP contribution in [-0.2, 0) is 11.3 Å². The second-order valence-electron chi connectivity index (χ2n) is 6.67. The van der Waals surface area contributed by atoms with Crippen LogP contribution in [0.15, 0.2) is 46.9 Å². The lowest BCUT2D eigenvalue weighted by Gasteiger charge is -2.10. The lowest BCUT2D eigenvalue weighted by molar-refractivity contribution is 0.0479. The van der Waals surface area contributed by atoms with Crippen molar-refractivity contribution in [3.63, 3.8) is 0 Å². The van der Waals surface area contributed by atoms with E-state index in [1.54, 1.807) is 56.7 Å². The van der Waals surface area contributed by atoms with Gasteiger partial charge in [0.2, 0.25) is 0 Å². The number of hydrogen-bond donors (Lipinski definition) is 0. The van der Waals surface area contributed by atoms with E-state index in [0.717, 1.165) is 5.75 Å². The van der Waals surface area contributed by atoms with E-state index in [-0.39, 0.29) is 13.2 Å². The molecule has 0 atom stereocenters. The number of fused-ring (bicyclic) bond motifs is 1. The molecule has 0 unspecified atom stereocenters. The SMILES string of the molecule is COc1ccc(OCc2oc3ccc(OC)cc3c2C(=O)OCCN(C)C)cc1. The lowest BCUT2D eigenvalue weighted by Crippen LogP contribution is -2.20. The van der Waals surface area contributed by atoms with Crippen LogP contribution in [0.2, 0.25) is 0 Å². The monoisotopic (exact) mass is 399 g/mol. The minimum atomic E-state index is -0.452. The maximum Gasteiger partial charge on any atom is 0.342 e. The molecule has 154 valence electrons. The van der Waals surface area contributed by atoms with Gasteiger partial charge < -0.3 is 28.3 Å². The van der Waals surface area contributed by atoms with E-state index in [1.165, 1.54) is 0 Å². The Morgan fingerprint density at radius 1 is 0.966 bits per heavy atom. The molecule has 0 aliphatic carbocycles. The second kappa shape index (κ2) is 9.34. The van der Waals surface area contributed by atoms with Gasteiger partial charge in [0.1, 0.15) is 41.6 Å². The van der Waals surface area contributed by atoms with E-state index in [4.69, 9.17) is 23.4 Å². The van der Waals surface area contributed by atoms with E-state index in [1.807, 2.05) is 19.0 Å². The van der Waals surface area contributed by atoms with Gasteiger partial charge in [-0.05, 0) is 56.6 Å². The number of furan rings is 1. The number of ether oxygens (including phenoxy) is 4. The van der Waals surface area contributed by atoms with Gasteiger partial charge >= 0.3 is 5.97 Å². The number of nitrogens with zero attached hydrogens (tertiary/aromatic N) is 1. The topological polar surface area (TPSA) is 70.4 Å². The van der Waals surface area contributed by atoms with Crippen molar-refractivity contribution in [1.29, 1.82) is 0 Å². The summed E-state index contributed by atoms with van der Waals surface area (Å²) in [6.45, 7) is 0.991. The molecule has 0 aliphatic rings. The Kier molecular flexibility index (Phi) is 6.61. The Morgan fingerprint density at radius 3 is 2.28 bits per heavy atom. The molecular weight excluding hydrogens is 374 g/mol. The molecule has 29 heavy (non-hydrogen) atoms. The zero-order valence-electron chi connectivity index (χ0n) is 17.1. The number of rotatable bonds is 9. The summed E-state index contributed by atoms with van der Waals surface area (Å²) < 4.78 is 27.6. The molecule has 0 radical (unpaired) electrons. The lowest BCUT2D eigenvalue weighted by atomic mass is 10.1. The normalized spacial score (nSPS) is 10.9.